The number of nitrogens with one attached hydrogen (secondary N) is 1. The van der Waals surface area contributed by atoms with E-state index < -0.39 is 5.97 Å². The van der Waals surface area contributed by atoms with Gasteiger partial charge in [-0.05, 0) is 25.8 Å². The van der Waals surface area contributed by atoms with Crippen LogP contribution in [-0.4, -0.2) is 38.1 Å². The lowest BCUT2D eigenvalue weighted by atomic mass is 10.1. The summed E-state index contributed by atoms with van der Waals surface area (Å²) in [5.74, 6) is -0.942. The Morgan fingerprint density at radius 2 is 2.05 bits per heavy atom. The van der Waals surface area contributed by atoms with E-state index in [2.05, 4.69) is 15.4 Å². The van der Waals surface area contributed by atoms with Crippen LogP contribution in [0, 0.1) is 6.92 Å². The summed E-state index contributed by atoms with van der Waals surface area (Å²) in [6.45, 7) is 2.43. The van der Waals surface area contributed by atoms with Crippen molar-refractivity contribution in [1.82, 2.24) is 19.9 Å². The van der Waals surface area contributed by atoms with E-state index >= 15 is 0 Å². The van der Waals surface area contributed by atoms with E-state index in [4.69, 9.17) is 5.11 Å². The third-order valence-corrected chi connectivity index (χ3v) is 3.36. The number of nitrogens with zero attached hydrogens (tertiary/aromatic N) is 3. The molecule has 0 atom stereocenters. The first kappa shape index (κ1) is 15.9. The predicted octanol–water partition coefficient (Wildman–Crippen LogP) is 1.80. The van der Waals surface area contributed by atoms with Gasteiger partial charge in [0.1, 0.15) is 5.56 Å². The number of amides is 1. The molecule has 7 heteroatoms. The van der Waals surface area contributed by atoms with Crippen LogP contribution in [-0.2, 0) is 4.79 Å². The van der Waals surface area contributed by atoms with Gasteiger partial charge in [0, 0.05) is 24.9 Å². The van der Waals surface area contributed by atoms with E-state index in [0.717, 1.165) is 25.0 Å². The summed E-state index contributed by atoms with van der Waals surface area (Å²) >= 11 is 0. The largest absolute Gasteiger partial charge is 0.481 e. The smallest absolute Gasteiger partial charge is 0.303 e. The Morgan fingerprint density at radius 3 is 2.82 bits per heavy atom. The van der Waals surface area contributed by atoms with Crippen LogP contribution in [0.15, 0.2) is 18.5 Å². The van der Waals surface area contributed by atoms with E-state index in [1.165, 1.54) is 6.20 Å². The molecule has 2 rings (SSSR count). The molecule has 0 fully saturated rings. The molecule has 0 saturated heterocycles. The van der Waals surface area contributed by atoms with Crippen LogP contribution in [0.4, 0.5) is 0 Å². The molecule has 2 N–H and O–H groups in total. The van der Waals surface area contributed by atoms with Crippen molar-refractivity contribution < 1.29 is 14.7 Å². The SMILES string of the molecule is Cc1ccn2ncc(C(=O)NCCCCCCC(=O)O)c2n1. The normalized spacial score (nSPS) is 10.8. The molecular formula is C15H20N4O3. The zero-order valence-corrected chi connectivity index (χ0v) is 12.6. The van der Waals surface area contributed by atoms with Crippen LogP contribution in [0.1, 0.15) is 48.2 Å². The Hall–Kier alpha value is -2.44. The minimum Gasteiger partial charge on any atom is -0.481 e. The number of aromatic nitrogens is 3. The Labute approximate surface area is 128 Å². The molecule has 2 heterocycles. The zero-order valence-electron chi connectivity index (χ0n) is 12.6. The van der Waals surface area contributed by atoms with Gasteiger partial charge in [-0.3, -0.25) is 9.59 Å². The van der Waals surface area contributed by atoms with Gasteiger partial charge in [-0.1, -0.05) is 12.8 Å². The number of hydrogen-bond donors (Lipinski definition) is 2. The highest BCUT2D eigenvalue weighted by atomic mass is 16.4. The molecule has 0 saturated carbocycles. The number of carboxylic acids is 1. The van der Waals surface area contributed by atoms with E-state index in [0.29, 0.717) is 24.2 Å². The van der Waals surface area contributed by atoms with Crippen molar-refractivity contribution in [2.24, 2.45) is 0 Å². The monoisotopic (exact) mass is 304 g/mol. The van der Waals surface area contributed by atoms with Crippen LogP contribution in [0.25, 0.3) is 5.65 Å². The third kappa shape index (κ3) is 4.28. The number of aliphatic carboxylic acids is 1. The number of carbonyl (C=O) groups is 2. The fourth-order valence-electron chi connectivity index (χ4n) is 2.17. The average Bonchev–Trinajstić information content (AvgIpc) is 2.88. The molecule has 0 bridgehead atoms. The van der Waals surface area contributed by atoms with Gasteiger partial charge in [0.2, 0.25) is 0 Å². The van der Waals surface area contributed by atoms with E-state index in [1.807, 2.05) is 13.0 Å². The molecule has 0 aliphatic rings. The maximum absolute atomic E-state index is 12.1. The van der Waals surface area contributed by atoms with Crippen LogP contribution < -0.4 is 5.32 Å². The quantitative estimate of drug-likeness (QED) is 0.725. The van der Waals surface area contributed by atoms with Crippen molar-refractivity contribution >= 4 is 17.5 Å². The molecule has 118 valence electrons. The van der Waals surface area contributed by atoms with Gasteiger partial charge in [-0.2, -0.15) is 5.10 Å². The van der Waals surface area contributed by atoms with Gasteiger partial charge < -0.3 is 10.4 Å². The van der Waals surface area contributed by atoms with E-state index in [-0.39, 0.29) is 12.3 Å². The number of carbonyl (C=O) groups excluding carboxylic acids is 1. The van der Waals surface area contributed by atoms with E-state index in [1.54, 1.807) is 10.7 Å². The molecular weight excluding hydrogens is 284 g/mol. The van der Waals surface area contributed by atoms with Crippen molar-refractivity contribution in [2.45, 2.75) is 39.0 Å². The van der Waals surface area contributed by atoms with Crippen molar-refractivity contribution in [2.75, 3.05) is 6.54 Å². The highest BCUT2D eigenvalue weighted by molar-refractivity contribution is 5.99. The molecule has 0 unspecified atom stereocenters. The van der Waals surface area contributed by atoms with Crippen LogP contribution in [0.2, 0.25) is 0 Å². The number of unbranched alkanes of at least 4 members (excludes halogenated alkanes) is 3. The van der Waals surface area contributed by atoms with Crippen LogP contribution >= 0.6 is 0 Å². The molecule has 2 aromatic heterocycles. The third-order valence-electron chi connectivity index (χ3n) is 3.36. The topological polar surface area (TPSA) is 96.6 Å². The highest BCUT2D eigenvalue weighted by Gasteiger charge is 2.13. The Balaban J connectivity index is 1.77. The summed E-state index contributed by atoms with van der Waals surface area (Å²) in [7, 11) is 0. The lowest BCUT2D eigenvalue weighted by Crippen LogP contribution is -2.24. The van der Waals surface area contributed by atoms with Gasteiger partial charge in [0.05, 0.1) is 6.20 Å². The second kappa shape index (κ2) is 7.53. The van der Waals surface area contributed by atoms with Crippen molar-refractivity contribution in [3.63, 3.8) is 0 Å². The fourth-order valence-corrected chi connectivity index (χ4v) is 2.17. The molecule has 1 amide bonds. The summed E-state index contributed by atoms with van der Waals surface area (Å²) in [4.78, 5) is 26.8. The Bertz CT molecular complexity index is 666. The number of rotatable bonds is 8. The zero-order chi connectivity index (χ0) is 15.9. The molecule has 0 aromatic carbocycles. The maximum atomic E-state index is 12.1. The summed E-state index contributed by atoms with van der Waals surface area (Å²) in [5.41, 5.74) is 1.86. The first-order valence-corrected chi connectivity index (χ1v) is 7.39. The number of carboxylic acid groups (broad SMARTS) is 1. The number of hydrogen-bond acceptors (Lipinski definition) is 4. The second-order valence-electron chi connectivity index (χ2n) is 5.21. The molecule has 22 heavy (non-hydrogen) atoms. The lowest BCUT2D eigenvalue weighted by molar-refractivity contribution is -0.137. The summed E-state index contributed by atoms with van der Waals surface area (Å²) in [6, 6.07) is 1.83. The van der Waals surface area contributed by atoms with Gasteiger partial charge in [-0.15, -0.1) is 0 Å². The minimum absolute atomic E-state index is 0.182. The second-order valence-corrected chi connectivity index (χ2v) is 5.21. The van der Waals surface area contributed by atoms with E-state index in [9.17, 15) is 9.59 Å². The maximum Gasteiger partial charge on any atom is 0.303 e. The number of fused-ring (bicyclic) bond motifs is 1. The lowest BCUT2D eigenvalue weighted by Gasteiger charge is -2.04. The van der Waals surface area contributed by atoms with Gasteiger partial charge >= 0.3 is 5.97 Å². The minimum atomic E-state index is -0.760. The molecule has 0 aliphatic carbocycles. The van der Waals surface area contributed by atoms with Crippen molar-refractivity contribution in [3.8, 4) is 0 Å². The van der Waals surface area contributed by atoms with Gasteiger partial charge in [0.25, 0.3) is 5.91 Å². The Kier molecular flexibility index (Phi) is 5.46. The predicted molar refractivity (Wildman–Crippen MR) is 80.8 cm³/mol. The van der Waals surface area contributed by atoms with Crippen LogP contribution in [0.5, 0.6) is 0 Å². The molecule has 7 nitrogen and oxygen atoms in total. The summed E-state index contributed by atoms with van der Waals surface area (Å²) in [6.07, 6.45) is 6.78. The standard InChI is InChI=1S/C15H20N4O3/c1-11-7-9-19-14(18-11)12(10-17-19)15(22)16-8-5-3-2-4-6-13(20)21/h7,9-10H,2-6,8H2,1H3,(H,16,22)(H,20,21). The highest BCUT2D eigenvalue weighted by Crippen LogP contribution is 2.09. The number of aryl methyl sites for hydroxylation is 1. The first-order chi connectivity index (χ1) is 10.6. The molecule has 0 radical (unpaired) electrons. The summed E-state index contributed by atoms with van der Waals surface area (Å²) in [5, 5.41) is 15.5. The first-order valence-electron chi connectivity index (χ1n) is 7.39. The van der Waals surface area contributed by atoms with Crippen molar-refractivity contribution in [1.29, 1.82) is 0 Å². The summed E-state index contributed by atoms with van der Waals surface area (Å²) < 4.78 is 1.58. The fraction of sp³-hybridized carbons (Fsp3) is 0.467. The molecule has 0 spiro atoms. The molecule has 0 aliphatic heterocycles. The molecule has 2 aromatic rings. The van der Waals surface area contributed by atoms with Crippen molar-refractivity contribution in [3.05, 3.63) is 29.7 Å². The van der Waals surface area contributed by atoms with Crippen LogP contribution in [0.3, 0.4) is 0 Å². The van der Waals surface area contributed by atoms with Gasteiger partial charge in [-0.25, -0.2) is 9.50 Å². The Morgan fingerprint density at radius 1 is 1.27 bits per heavy atom. The van der Waals surface area contributed by atoms with Gasteiger partial charge in [0.15, 0.2) is 5.65 Å². The average molecular weight is 304 g/mol.